The van der Waals surface area contributed by atoms with Crippen LogP contribution in [0.1, 0.15) is 10.4 Å². The van der Waals surface area contributed by atoms with Crippen LogP contribution in [-0.2, 0) is 9.53 Å². The number of nitrogens with zero attached hydrogens (tertiary/aromatic N) is 1. The van der Waals surface area contributed by atoms with Crippen LogP contribution in [0.4, 0.5) is 10.5 Å². The highest BCUT2D eigenvalue weighted by Crippen LogP contribution is 2.15. The zero-order valence-corrected chi connectivity index (χ0v) is 15.9. The molecule has 0 aromatic heterocycles. The summed E-state index contributed by atoms with van der Waals surface area (Å²) in [5.41, 5.74) is 5.57. The molecule has 0 aliphatic rings. The monoisotopic (exact) mass is 405 g/mol. The van der Waals surface area contributed by atoms with Gasteiger partial charge in [0.15, 0.2) is 6.61 Å². The van der Waals surface area contributed by atoms with Crippen LogP contribution < -0.4 is 15.8 Å². The summed E-state index contributed by atoms with van der Waals surface area (Å²) >= 11 is 5.80. The number of esters is 1. The predicted molar refractivity (Wildman–Crippen MR) is 105 cm³/mol. The lowest BCUT2D eigenvalue weighted by molar-refractivity contribution is -0.133. The average Bonchev–Trinajstić information content (AvgIpc) is 2.67. The van der Waals surface area contributed by atoms with E-state index in [9.17, 15) is 14.4 Å². The number of halogens is 1. The number of hydrogen-bond donors (Lipinski definition) is 2. The molecule has 0 bridgehead atoms. The number of rotatable bonds is 8. The van der Waals surface area contributed by atoms with Gasteiger partial charge in [0.2, 0.25) is 0 Å². The van der Waals surface area contributed by atoms with Crippen LogP contribution in [0.25, 0.3) is 0 Å². The van der Waals surface area contributed by atoms with Crippen molar-refractivity contribution in [2.24, 2.45) is 5.73 Å². The van der Waals surface area contributed by atoms with Gasteiger partial charge >= 0.3 is 12.0 Å². The number of nitrogens with one attached hydrogen (secondary N) is 1. The Hall–Kier alpha value is -3.26. The van der Waals surface area contributed by atoms with Crippen LogP contribution in [-0.4, -0.2) is 49.6 Å². The SMILES string of the molecule is CN(CCOc1ccc(Cl)cc1)C(=O)COC(=O)c1cccc(NC(N)=O)c1. The van der Waals surface area contributed by atoms with E-state index < -0.39 is 18.6 Å². The zero-order valence-electron chi connectivity index (χ0n) is 15.2. The molecular formula is C19H20ClN3O5. The Labute approximate surface area is 167 Å². The van der Waals surface area contributed by atoms with Crippen molar-refractivity contribution in [2.75, 3.05) is 32.1 Å². The molecule has 9 heteroatoms. The van der Waals surface area contributed by atoms with E-state index in [4.69, 9.17) is 26.8 Å². The maximum atomic E-state index is 12.1. The lowest BCUT2D eigenvalue weighted by Gasteiger charge is -2.17. The van der Waals surface area contributed by atoms with Gasteiger partial charge in [0.1, 0.15) is 12.4 Å². The summed E-state index contributed by atoms with van der Waals surface area (Å²) in [5, 5.41) is 2.97. The van der Waals surface area contributed by atoms with Crippen molar-refractivity contribution in [3.63, 3.8) is 0 Å². The van der Waals surface area contributed by atoms with Crippen molar-refractivity contribution >= 4 is 35.2 Å². The molecule has 0 spiro atoms. The Bertz CT molecular complexity index is 842. The summed E-state index contributed by atoms with van der Waals surface area (Å²) < 4.78 is 10.5. The van der Waals surface area contributed by atoms with Gasteiger partial charge in [-0.1, -0.05) is 17.7 Å². The van der Waals surface area contributed by atoms with Crippen molar-refractivity contribution in [3.05, 3.63) is 59.1 Å². The number of urea groups is 1. The third kappa shape index (κ3) is 6.81. The molecule has 28 heavy (non-hydrogen) atoms. The summed E-state index contributed by atoms with van der Waals surface area (Å²) in [6.45, 7) is 0.180. The first-order valence-corrected chi connectivity index (χ1v) is 8.69. The highest BCUT2D eigenvalue weighted by molar-refractivity contribution is 6.30. The van der Waals surface area contributed by atoms with Crippen LogP contribution in [0.15, 0.2) is 48.5 Å². The molecule has 148 valence electrons. The number of hydrogen-bond acceptors (Lipinski definition) is 5. The quantitative estimate of drug-likeness (QED) is 0.655. The number of amides is 3. The van der Waals surface area contributed by atoms with Crippen LogP contribution in [0, 0.1) is 0 Å². The second-order valence-corrected chi connectivity index (χ2v) is 6.20. The van der Waals surface area contributed by atoms with Crippen LogP contribution >= 0.6 is 11.6 Å². The minimum Gasteiger partial charge on any atom is -0.492 e. The minimum absolute atomic E-state index is 0.188. The van der Waals surface area contributed by atoms with Gasteiger partial charge < -0.3 is 25.4 Å². The number of primary amides is 1. The standard InChI is InChI=1S/C19H20ClN3O5/c1-23(9-10-27-16-7-5-14(20)6-8-16)17(24)12-28-18(25)13-3-2-4-15(11-13)22-19(21)26/h2-8,11H,9-10,12H2,1H3,(H3,21,22,26). The van der Waals surface area contributed by atoms with Gasteiger partial charge in [0.05, 0.1) is 12.1 Å². The number of likely N-dealkylation sites (N-methyl/N-ethyl adjacent to an activating group) is 1. The largest absolute Gasteiger partial charge is 0.492 e. The van der Waals surface area contributed by atoms with E-state index in [0.29, 0.717) is 23.0 Å². The topological polar surface area (TPSA) is 111 Å². The molecule has 0 saturated carbocycles. The summed E-state index contributed by atoms with van der Waals surface area (Å²) in [5.74, 6) is -0.423. The van der Waals surface area contributed by atoms with E-state index in [0.717, 1.165) is 0 Å². The maximum absolute atomic E-state index is 12.1. The second-order valence-electron chi connectivity index (χ2n) is 5.76. The van der Waals surface area contributed by atoms with Gasteiger partial charge in [-0.3, -0.25) is 4.79 Å². The third-order valence-corrected chi connectivity index (χ3v) is 3.88. The summed E-state index contributed by atoms with van der Waals surface area (Å²) in [4.78, 5) is 36.4. The average molecular weight is 406 g/mol. The van der Waals surface area contributed by atoms with Gasteiger partial charge in [-0.15, -0.1) is 0 Å². The molecule has 0 heterocycles. The van der Waals surface area contributed by atoms with Gasteiger partial charge in [-0.05, 0) is 42.5 Å². The Morgan fingerprint density at radius 3 is 2.54 bits per heavy atom. The van der Waals surface area contributed by atoms with E-state index in [1.807, 2.05) is 0 Å². The van der Waals surface area contributed by atoms with E-state index in [1.165, 1.54) is 17.0 Å². The fourth-order valence-corrected chi connectivity index (χ4v) is 2.27. The van der Waals surface area contributed by atoms with Crippen molar-refractivity contribution < 1.29 is 23.9 Å². The van der Waals surface area contributed by atoms with E-state index in [1.54, 1.807) is 43.4 Å². The Morgan fingerprint density at radius 1 is 1.14 bits per heavy atom. The maximum Gasteiger partial charge on any atom is 0.338 e. The highest BCUT2D eigenvalue weighted by atomic mass is 35.5. The normalized spacial score (nSPS) is 10.1. The van der Waals surface area contributed by atoms with Crippen molar-refractivity contribution in [1.29, 1.82) is 0 Å². The number of carbonyl (C=O) groups is 3. The molecule has 3 amide bonds. The first kappa shape index (κ1) is 21.0. The molecule has 0 fully saturated rings. The lowest BCUT2D eigenvalue weighted by Crippen LogP contribution is -2.34. The lowest BCUT2D eigenvalue weighted by atomic mass is 10.2. The Morgan fingerprint density at radius 2 is 1.86 bits per heavy atom. The van der Waals surface area contributed by atoms with Crippen molar-refractivity contribution in [3.8, 4) is 5.75 Å². The predicted octanol–water partition coefficient (Wildman–Crippen LogP) is 2.52. The molecule has 0 radical (unpaired) electrons. The van der Waals surface area contributed by atoms with Crippen molar-refractivity contribution in [1.82, 2.24) is 4.90 Å². The zero-order chi connectivity index (χ0) is 20.5. The van der Waals surface area contributed by atoms with Crippen LogP contribution in [0.3, 0.4) is 0 Å². The Balaban J connectivity index is 1.76. The number of anilines is 1. The van der Waals surface area contributed by atoms with Crippen LogP contribution in [0.2, 0.25) is 5.02 Å². The molecule has 2 aromatic rings. The molecule has 2 aromatic carbocycles. The molecule has 0 aliphatic carbocycles. The van der Waals surface area contributed by atoms with Gasteiger partial charge in [-0.25, -0.2) is 9.59 Å². The van der Waals surface area contributed by atoms with Gasteiger partial charge in [0.25, 0.3) is 5.91 Å². The van der Waals surface area contributed by atoms with E-state index in [2.05, 4.69) is 5.32 Å². The second kappa shape index (κ2) is 10.2. The molecule has 0 aliphatic heterocycles. The van der Waals surface area contributed by atoms with E-state index >= 15 is 0 Å². The third-order valence-electron chi connectivity index (χ3n) is 3.63. The van der Waals surface area contributed by atoms with Gasteiger partial charge in [0, 0.05) is 17.8 Å². The number of benzene rings is 2. The van der Waals surface area contributed by atoms with Gasteiger partial charge in [-0.2, -0.15) is 0 Å². The van der Waals surface area contributed by atoms with Crippen molar-refractivity contribution in [2.45, 2.75) is 0 Å². The van der Waals surface area contributed by atoms with Crippen LogP contribution in [0.5, 0.6) is 5.75 Å². The highest BCUT2D eigenvalue weighted by Gasteiger charge is 2.14. The molecule has 0 atom stereocenters. The first-order valence-electron chi connectivity index (χ1n) is 8.31. The Kier molecular flexibility index (Phi) is 7.65. The minimum atomic E-state index is -0.747. The summed E-state index contributed by atoms with van der Waals surface area (Å²) in [6.07, 6.45) is 0. The number of ether oxygens (including phenoxy) is 2. The smallest absolute Gasteiger partial charge is 0.338 e. The molecule has 0 saturated heterocycles. The first-order chi connectivity index (χ1) is 13.3. The molecule has 8 nitrogen and oxygen atoms in total. The fourth-order valence-electron chi connectivity index (χ4n) is 2.14. The molecule has 2 rings (SSSR count). The molecule has 3 N–H and O–H groups in total. The number of nitrogens with two attached hydrogens (primary N) is 1. The summed E-state index contributed by atoms with van der Waals surface area (Å²) in [7, 11) is 1.58. The fraction of sp³-hybridized carbons (Fsp3) is 0.211. The number of carbonyl (C=O) groups excluding carboxylic acids is 3. The molecular weight excluding hydrogens is 386 g/mol. The summed E-state index contributed by atoms with van der Waals surface area (Å²) in [6, 6.07) is 12.2. The van der Waals surface area contributed by atoms with E-state index in [-0.39, 0.29) is 18.1 Å². The molecule has 0 unspecified atom stereocenters.